The van der Waals surface area contributed by atoms with Crippen LogP contribution in [0.4, 0.5) is 0 Å². The van der Waals surface area contributed by atoms with Gasteiger partial charge in [-0.05, 0) is 56.7 Å². The van der Waals surface area contributed by atoms with Crippen LogP contribution >= 0.6 is 0 Å². The fourth-order valence-electron chi connectivity index (χ4n) is 3.09. The number of benzene rings is 1. The Hall–Kier alpha value is -4.54. The van der Waals surface area contributed by atoms with Gasteiger partial charge in [-0.25, -0.2) is 19.2 Å². The second-order valence-electron chi connectivity index (χ2n) is 8.26. The van der Waals surface area contributed by atoms with Crippen LogP contribution in [0.25, 0.3) is 6.08 Å². The van der Waals surface area contributed by atoms with Gasteiger partial charge in [0.25, 0.3) is 0 Å². The zero-order valence-corrected chi connectivity index (χ0v) is 23.2. The molecule has 0 atom stereocenters. The Bertz CT molecular complexity index is 1060. The lowest BCUT2D eigenvalue weighted by atomic mass is 10.1. The van der Waals surface area contributed by atoms with Crippen LogP contribution in [0.1, 0.15) is 44.1 Å². The number of carboxylic acids is 1. The molecule has 0 spiro atoms. The molecular formula is C30H38O11. The van der Waals surface area contributed by atoms with E-state index in [1.165, 1.54) is 6.08 Å². The van der Waals surface area contributed by atoms with E-state index in [1.54, 1.807) is 12.1 Å². The molecule has 0 aliphatic carbocycles. The lowest BCUT2D eigenvalue weighted by Gasteiger charge is -2.19. The highest BCUT2D eigenvalue weighted by Crippen LogP contribution is 2.41. The summed E-state index contributed by atoms with van der Waals surface area (Å²) in [6.07, 6.45) is 8.95. The molecule has 11 nitrogen and oxygen atoms in total. The first-order chi connectivity index (χ1) is 19.8. The summed E-state index contributed by atoms with van der Waals surface area (Å²) in [6, 6.07) is 3.31. The molecule has 224 valence electrons. The Morgan fingerprint density at radius 1 is 0.610 bits per heavy atom. The number of ether oxygens (including phenoxy) is 6. The molecule has 0 bridgehead atoms. The minimum atomic E-state index is -1.13. The molecule has 0 radical (unpaired) electrons. The fraction of sp³-hybridized carbons (Fsp3) is 0.400. The van der Waals surface area contributed by atoms with Crippen molar-refractivity contribution in [3.8, 4) is 17.2 Å². The zero-order chi connectivity index (χ0) is 30.3. The average Bonchev–Trinajstić information content (AvgIpc) is 2.97. The van der Waals surface area contributed by atoms with Crippen molar-refractivity contribution in [3.05, 3.63) is 61.7 Å². The average molecular weight is 575 g/mol. The van der Waals surface area contributed by atoms with Crippen LogP contribution in [0.15, 0.2) is 56.2 Å². The second kappa shape index (κ2) is 21.3. The number of carboxylic acid groups (broad SMARTS) is 1. The first kappa shape index (κ1) is 34.5. The van der Waals surface area contributed by atoms with Gasteiger partial charge in [-0.15, -0.1) is 0 Å². The second-order valence-corrected chi connectivity index (χ2v) is 8.26. The van der Waals surface area contributed by atoms with E-state index in [0.29, 0.717) is 55.6 Å². The first-order valence-corrected chi connectivity index (χ1v) is 13.2. The molecule has 41 heavy (non-hydrogen) atoms. The molecule has 1 aromatic rings. The molecule has 0 aliphatic heterocycles. The maximum atomic E-state index is 11.2. The van der Waals surface area contributed by atoms with E-state index in [1.807, 2.05) is 0 Å². The highest BCUT2D eigenvalue weighted by atomic mass is 16.6. The molecule has 1 aromatic carbocycles. The monoisotopic (exact) mass is 574 g/mol. The molecule has 1 rings (SSSR count). The van der Waals surface area contributed by atoms with Crippen LogP contribution in [0.2, 0.25) is 0 Å². The van der Waals surface area contributed by atoms with Gasteiger partial charge in [0.15, 0.2) is 11.5 Å². The van der Waals surface area contributed by atoms with Crippen molar-refractivity contribution >= 4 is 30.0 Å². The molecule has 0 aromatic heterocycles. The largest absolute Gasteiger partial charge is 0.490 e. The Labute approximate surface area is 240 Å². The van der Waals surface area contributed by atoms with Crippen molar-refractivity contribution in [2.45, 2.75) is 38.5 Å². The minimum Gasteiger partial charge on any atom is -0.490 e. The molecule has 0 aliphatic rings. The molecule has 1 N–H and O–H groups in total. The lowest BCUT2D eigenvalue weighted by Crippen LogP contribution is -2.09. The molecular weight excluding hydrogens is 536 g/mol. The maximum absolute atomic E-state index is 11.2. The van der Waals surface area contributed by atoms with Crippen LogP contribution in [-0.4, -0.2) is 68.6 Å². The van der Waals surface area contributed by atoms with Gasteiger partial charge in [0.2, 0.25) is 5.75 Å². The number of carbonyl (C=O) groups is 4. The number of rotatable bonds is 23. The zero-order valence-electron chi connectivity index (χ0n) is 23.2. The quantitative estimate of drug-likeness (QED) is 0.0857. The number of carbonyl (C=O) groups excluding carboxylic acids is 3. The predicted octanol–water partition coefficient (Wildman–Crippen LogP) is 4.45. The normalized spacial score (nSPS) is 10.3. The van der Waals surface area contributed by atoms with Gasteiger partial charge in [0.05, 0.1) is 39.6 Å². The van der Waals surface area contributed by atoms with Gasteiger partial charge in [-0.1, -0.05) is 19.7 Å². The summed E-state index contributed by atoms with van der Waals surface area (Å²) in [5.41, 5.74) is 0.462. The smallest absolute Gasteiger partial charge is 0.330 e. The van der Waals surface area contributed by atoms with Crippen molar-refractivity contribution < 1.29 is 52.7 Å². The summed E-state index contributed by atoms with van der Waals surface area (Å²) < 4.78 is 32.9. The fourth-order valence-corrected chi connectivity index (χ4v) is 3.09. The number of hydrogen-bond donors (Lipinski definition) is 1. The van der Waals surface area contributed by atoms with Crippen molar-refractivity contribution in [3.63, 3.8) is 0 Å². The van der Waals surface area contributed by atoms with Gasteiger partial charge in [0, 0.05) is 29.9 Å². The third-order valence-electron chi connectivity index (χ3n) is 5.11. The molecule has 0 fully saturated rings. The van der Waals surface area contributed by atoms with Gasteiger partial charge in [-0.2, -0.15) is 0 Å². The van der Waals surface area contributed by atoms with Crippen molar-refractivity contribution in [1.29, 1.82) is 0 Å². The topological polar surface area (TPSA) is 144 Å². The van der Waals surface area contributed by atoms with Crippen molar-refractivity contribution in [1.82, 2.24) is 0 Å². The van der Waals surface area contributed by atoms with E-state index in [9.17, 15) is 19.2 Å². The predicted molar refractivity (Wildman–Crippen MR) is 151 cm³/mol. The number of hydrogen-bond acceptors (Lipinski definition) is 10. The molecule has 0 unspecified atom stereocenters. The molecule has 0 amide bonds. The van der Waals surface area contributed by atoms with Gasteiger partial charge in [-0.3, -0.25) is 0 Å². The van der Waals surface area contributed by atoms with Crippen LogP contribution in [0, 0.1) is 0 Å². The number of aliphatic carboxylic acids is 1. The SMILES string of the molecule is C=CC(=O)OCCCCOc1ccc(C=CC(=O)O)c(OCCCCOC(=O)C=C)c1OCCCCOC(=O)C=C. The van der Waals surface area contributed by atoms with Crippen LogP contribution in [0.5, 0.6) is 17.2 Å². The highest BCUT2D eigenvalue weighted by molar-refractivity contribution is 5.86. The number of esters is 3. The van der Waals surface area contributed by atoms with Crippen molar-refractivity contribution in [2.24, 2.45) is 0 Å². The van der Waals surface area contributed by atoms with Crippen LogP contribution < -0.4 is 14.2 Å². The summed E-state index contributed by atoms with van der Waals surface area (Å²) in [7, 11) is 0. The van der Waals surface area contributed by atoms with Crippen LogP contribution in [-0.2, 0) is 33.4 Å². The van der Waals surface area contributed by atoms with E-state index in [4.69, 9.17) is 33.5 Å². The standard InChI is InChI=1S/C30H38O11/c1-4-26(33)37-18-8-7-17-36-24-15-13-23(14-16-25(31)32)29(40-21-11-9-19-38-27(34)5-2)30(24)41-22-12-10-20-39-28(35)6-3/h4-6,13-16H,1-3,7-12,17-22H2,(H,31,32). The van der Waals surface area contributed by atoms with E-state index < -0.39 is 23.9 Å². The highest BCUT2D eigenvalue weighted by Gasteiger charge is 2.18. The van der Waals surface area contributed by atoms with E-state index in [-0.39, 0.29) is 45.4 Å². The Morgan fingerprint density at radius 3 is 1.46 bits per heavy atom. The van der Waals surface area contributed by atoms with E-state index in [2.05, 4.69) is 19.7 Å². The number of unbranched alkanes of at least 4 members (excludes halogenated alkanes) is 3. The molecule has 0 heterocycles. The van der Waals surface area contributed by atoms with Gasteiger partial charge in [0.1, 0.15) is 0 Å². The molecule has 0 saturated heterocycles. The third kappa shape index (κ3) is 15.6. The Balaban J connectivity index is 2.99. The Kier molecular flexibility index (Phi) is 17.9. The van der Waals surface area contributed by atoms with E-state index in [0.717, 1.165) is 24.3 Å². The van der Waals surface area contributed by atoms with Crippen molar-refractivity contribution in [2.75, 3.05) is 39.6 Å². The first-order valence-electron chi connectivity index (χ1n) is 13.2. The third-order valence-corrected chi connectivity index (χ3v) is 5.11. The molecule has 11 heteroatoms. The summed E-state index contributed by atoms with van der Waals surface area (Å²) >= 11 is 0. The summed E-state index contributed by atoms with van der Waals surface area (Å²) in [5, 5.41) is 9.14. The Morgan fingerprint density at radius 2 is 1.02 bits per heavy atom. The summed E-state index contributed by atoms with van der Waals surface area (Å²) in [6.45, 7) is 11.4. The maximum Gasteiger partial charge on any atom is 0.330 e. The molecule has 0 saturated carbocycles. The van der Waals surface area contributed by atoms with E-state index >= 15 is 0 Å². The van der Waals surface area contributed by atoms with Gasteiger partial charge >= 0.3 is 23.9 Å². The van der Waals surface area contributed by atoms with Crippen LogP contribution in [0.3, 0.4) is 0 Å². The lowest BCUT2D eigenvalue weighted by molar-refractivity contribution is -0.138. The summed E-state index contributed by atoms with van der Waals surface area (Å²) in [4.78, 5) is 44.8. The van der Waals surface area contributed by atoms with Gasteiger partial charge < -0.3 is 33.5 Å². The summed E-state index contributed by atoms with van der Waals surface area (Å²) in [5.74, 6) is -1.67. The minimum absolute atomic E-state index is 0.199.